The normalized spacial score (nSPS) is 11.0. The molecule has 0 atom stereocenters. The summed E-state index contributed by atoms with van der Waals surface area (Å²) in [4.78, 5) is 0. The van der Waals surface area contributed by atoms with Gasteiger partial charge in [-0.15, -0.1) is 0 Å². The second-order valence-corrected chi connectivity index (χ2v) is 6.51. The summed E-state index contributed by atoms with van der Waals surface area (Å²) in [6.45, 7) is 0. The van der Waals surface area contributed by atoms with Crippen LogP contribution in [-0.4, -0.2) is 4.40 Å². The number of anilines is 4. The molecule has 0 unspecified atom stereocenters. The van der Waals surface area contributed by atoms with Crippen molar-refractivity contribution in [3.8, 4) is 0 Å². The van der Waals surface area contributed by atoms with Crippen LogP contribution < -0.4 is 10.6 Å². The molecule has 27 heavy (non-hydrogen) atoms. The zero-order valence-corrected chi connectivity index (χ0v) is 14.8. The number of benzene rings is 3. The maximum Gasteiger partial charge on any atom is 0.0875 e. The second-order valence-electron chi connectivity index (χ2n) is 6.51. The summed E-state index contributed by atoms with van der Waals surface area (Å²) < 4.78 is 2.23. The molecular formula is C24H19N3. The summed E-state index contributed by atoms with van der Waals surface area (Å²) in [5, 5.41) is 8.44. The molecule has 3 nitrogen and oxygen atoms in total. The van der Waals surface area contributed by atoms with E-state index in [0.717, 1.165) is 28.3 Å². The van der Waals surface area contributed by atoms with Crippen LogP contribution >= 0.6 is 0 Å². The Kier molecular flexibility index (Phi) is 3.76. The first-order chi connectivity index (χ1) is 13.4. The monoisotopic (exact) mass is 349 g/mol. The van der Waals surface area contributed by atoms with Crippen molar-refractivity contribution in [1.29, 1.82) is 0 Å². The Hall–Kier alpha value is -3.72. The summed E-state index contributed by atoms with van der Waals surface area (Å²) in [7, 11) is 0. The molecule has 130 valence electrons. The van der Waals surface area contributed by atoms with Gasteiger partial charge in [0.2, 0.25) is 0 Å². The molecule has 0 fully saturated rings. The van der Waals surface area contributed by atoms with Gasteiger partial charge in [0.25, 0.3) is 0 Å². The first kappa shape index (κ1) is 15.5. The van der Waals surface area contributed by atoms with E-state index in [1.54, 1.807) is 0 Å². The predicted molar refractivity (Wildman–Crippen MR) is 114 cm³/mol. The molecule has 0 spiro atoms. The Morgan fingerprint density at radius 1 is 0.481 bits per heavy atom. The van der Waals surface area contributed by atoms with E-state index in [9.17, 15) is 0 Å². The van der Waals surface area contributed by atoms with Crippen LogP contribution in [0.4, 0.5) is 22.7 Å². The van der Waals surface area contributed by atoms with Crippen molar-refractivity contribution in [2.24, 2.45) is 0 Å². The molecule has 0 aliphatic carbocycles. The smallest absolute Gasteiger partial charge is 0.0875 e. The van der Waals surface area contributed by atoms with Crippen LogP contribution in [0.15, 0.2) is 103 Å². The highest BCUT2D eigenvalue weighted by Crippen LogP contribution is 2.39. The zero-order chi connectivity index (χ0) is 18.1. The SMILES string of the molecule is c1ccc(Nc2c(Nc3ccccc3)c3cccn3c3ccccc23)cc1. The Labute approximate surface area is 157 Å². The van der Waals surface area contributed by atoms with Gasteiger partial charge in [0.05, 0.1) is 22.4 Å². The lowest BCUT2D eigenvalue weighted by molar-refractivity contribution is 1.27. The van der Waals surface area contributed by atoms with Crippen LogP contribution in [0.2, 0.25) is 0 Å². The van der Waals surface area contributed by atoms with Crippen LogP contribution in [-0.2, 0) is 0 Å². The maximum atomic E-state index is 3.64. The fraction of sp³-hybridized carbons (Fsp3) is 0. The van der Waals surface area contributed by atoms with Gasteiger partial charge in [0, 0.05) is 23.0 Å². The van der Waals surface area contributed by atoms with Gasteiger partial charge in [0.15, 0.2) is 0 Å². The van der Waals surface area contributed by atoms with Gasteiger partial charge in [-0.05, 0) is 42.5 Å². The van der Waals surface area contributed by atoms with E-state index in [1.165, 1.54) is 10.9 Å². The molecule has 2 N–H and O–H groups in total. The van der Waals surface area contributed by atoms with Gasteiger partial charge < -0.3 is 15.0 Å². The third-order valence-corrected chi connectivity index (χ3v) is 4.77. The molecule has 0 saturated carbocycles. The number of fused-ring (bicyclic) bond motifs is 3. The minimum absolute atomic E-state index is 1.06. The molecule has 3 heteroatoms. The summed E-state index contributed by atoms with van der Waals surface area (Å²) in [5.74, 6) is 0. The van der Waals surface area contributed by atoms with Gasteiger partial charge >= 0.3 is 0 Å². The number of aromatic nitrogens is 1. The van der Waals surface area contributed by atoms with Crippen molar-refractivity contribution in [3.05, 3.63) is 103 Å². The minimum Gasteiger partial charge on any atom is -0.353 e. The quantitative estimate of drug-likeness (QED) is 0.384. The van der Waals surface area contributed by atoms with Crippen molar-refractivity contribution in [2.75, 3.05) is 10.6 Å². The fourth-order valence-electron chi connectivity index (χ4n) is 3.54. The fourth-order valence-corrected chi connectivity index (χ4v) is 3.54. The number of nitrogens with zero attached hydrogens (tertiary/aromatic N) is 1. The number of pyridine rings is 1. The van der Waals surface area contributed by atoms with E-state index >= 15 is 0 Å². The molecule has 0 saturated heterocycles. The van der Waals surface area contributed by atoms with Crippen molar-refractivity contribution in [2.45, 2.75) is 0 Å². The summed E-state index contributed by atoms with van der Waals surface area (Å²) in [6, 6.07) is 33.3. The Morgan fingerprint density at radius 2 is 1.04 bits per heavy atom. The first-order valence-corrected chi connectivity index (χ1v) is 9.06. The van der Waals surface area contributed by atoms with Crippen molar-refractivity contribution >= 4 is 39.2 Å². The Balaban J connectivity index is 1.78. The highest BCUT2D eigenvalue weighted by atomic mass is 15.0. The lowest BCUT2D eigenvalue weighted by Crippen LogP contribution is -2.02. The van der Waals surface area contributed by atoms with Crippen LogP contribution in [0.3, 0.4) is 0 Å². The number of rotatable bonds is 4. The van der Waals surface area contributed by atoms with Gasteiger partial charge in [-0.25, -0.2) is 0 Å². The van der Waals surface area contributed by atoms with Gasteiger partial charge in [-0.1, -0.05) is 54.6 Å². The van der Waals surface area contributed by atoms with Crippen LogP contribution in [0.5, 0.6) is 0 Å². The van der Waals surface area contributed by atoms with E-state index in [-0.39, 0.29) is 0 Å². The van der Waals surface area contributed by atoms with E-state index in [4.69, 9.17) is 0 Å². The molecule has 3 aromatic carbocycles. The molecule has 0 radical (unpaired) electrons. The van der Waals surface area contributed by atoms with E-state index < -0.39 is 0 Å². The van der Waals surface area contributed by atoms with Gasteiger partial charge in [-0.3, -0.25) is 0 Å². The third-order valence-electron chi connectivity index (χ3n) is 4.77. The molecular weight excluding hydrogens is 330 g/mol. The Bertz CT molecular complexity index is 1210. The average molecular weight is 349 g/mol. The van der Waals surface area contributed by atoms with Gasteiger partial charge in [-0.2, -0.15) is 0 Å². The summed E-state index contributed by atoms with van der Waals surface area (Å²) in [6.07, 6.45) is 2.11. The highest BCUT2D eigenvalue weighted by Gasteiger charge is 2.15. The first-order valence-electron chi connectivity index (χ1n) is 9.06. The standard InChI is InChI=1S/C24H19N3/c1-3-10-18(11-4-1)25-23-20-14-7-8-15-21(20)27-17-9-16-22(27)24(23)26-19-12-5-2-6-13-19/h1-17,25-26H. The Morgan fingerprint density at radius 3 is 1.74 bits per heavy atom. The van der Waals surface area contributed by atoms with Crippen molar-refractivity contribution in [1.82, 2.24) is 4.40 Å². The van der Waals surface area contributed by atoms with Crippen LogP contribution in [0.1, 0.15) is 0 Å². The molecule has 0 bridgehead atoms. The summed E-state index contributed by atoms with van der Waals surface area (Å²) in [5.41, 5.74) is 6.58. The van der Waals surface area contributed by atoms with Crippen LogP contribution in [0.25, 0.3) is 16.4 Å². The van der Waals surface area contributed by atoms with E-state index in [1.807, 2.05) is 36.4 Å². The highest BCUT2D eigenvalue weighted by molar-refractivity contribution is 6.07. The minimum atomic E-state index is 1.06. The second kappa shape index (κ2) is 6.54. The topological polar surface area (TPSA) is 28.5 Å². The predicted octanol–water partition coefficient (Wildman–Crippen LogP) is 6.58. The number of nitrogens with one attached hydrogen (secondary N) is 2. The zero-order valence-electron chi connectivity index (χ0n) is 14.8. The molecule has 0 amide bonds. The number of para-hydroxylation sites is 3. The number of hydrogen-bond acceptors (Lipinski definition) is 2. The molecule has 0 aliphatic rings. The van der Waals surface area contributed by atoms with Crippen molar-refractivity contribution in [3.63, 3.8) is 0 Å². The molecule has 2 aromatic heterocycles. The molecule has 2 heterocycles. The molecule has 5 aromatic rings. The van der Waals surface area contributed by atoms with E-state index in [0.29, 0.717) is 0 Å². The van der Waals surface area contributed by atoms with Crippen LogP contribution in [0, 0.1) is 0 Å². The lowest BCUT2D eigenvalue weighted by Gasteiger charge is -2.19. The van der Waals surface area contributed by atoms with Gasteiger partial charge in [0.1, 0.15) is 0 Å². The lowest BCUT2D eigenvalue weighted by atomic mass is 10.1. The average Bonchev–Trinajstić information content (AvgIpc) is 3.22. The summed E-state index contributed by atoms with van der Waals surface area (Å²) >= 11 is 0. The third kappa shape index (κ3) is 2.79. The molecule has 5 rings (SSSR count). The largest absolute Gasteiger partial charge is 0.353 e. The number of hydrogen-bond donors (Lipinski definition) is 2. The van der Waals surface area contributed by atoms with E-state index in [2.05, 4.69) is 81.9 Å². The van der Waals surface area contributed by atoms with Crippen molar-refractivity contribution < 1.29 is 0 Å². The maximum absolute atomic E-state index is 3.64. The molecule has 0 aliphatic heterocycles.